The first-order valence-electron chi connectivity index (χ1n) is 8.61. The van der Waals surface area contributed by atoms with Crippen LogP contribution in [0.5, 0.6) is 0 Å². The molecule has 0 saturated heterocycles. The van der Waals surface area contributed by atoms with E-state index in [1.165, 1.54) is 42.9 Å². The predicted octanol–water partition coefficient (Wildman–Crippen LogP) is 3.28. The molecule has 6 rings (SSSR count). The molecule has 0 aromatic heterocycles. The quantitative estimate of drug-likeness (QED) is 0.802. The minimum atomic E-state index is -0.575. The first kappa shape index (κ1) is 13.3. The summed E-state index contributed by atoms with van der Waals surface area (Å²) < 4.78 is 0. The third-order valence-electron chi connectivity index (χ3n) is 6.69. The number of hydrogen-bond acceptors (Lipinski definition) is 1. The molecule has 22 heavy (non-hydrogen) atoms. The summed E-state index contributed by atoms with van der Waals surface area (Å²) in [6.07, 6.45) is 6.38. The summed E-state index contributed by atoms with van der Waals surface area (Å²) in [5, 5.41) is 15.2. The van der Waals surface area contributed by atoms with Gasteiger partial charge in [-0.3, -0.25) is 0 Å². The van der Waals surface area contributed by atoms with Crippen molar-refractivity contribution in [1.29, 1.82) is 0 Å². The first-order chi connectivity index (χ1) is 10.6. The lowest BCUT2D eigenvalue weighted by Gasteiger charge is -2.59. The third-order valence-corrected chi connectivity index (χ3v) is 7.00. The fourth-order valence-electron chi connectivity index (χ4n) is 5.87. The number of benzene rings is 2. The maximum absolute atomic E-state index is 11.7. The highest BCUT2D eigenvalue weighted by Crippen LogP contribution is 2.61. The van der Waals surface area contributed by atoms with Gasteiger partial charge in [0.1, 0.15) is 0 Å². The molecule has 4 aliphatic carbocycles. The minimum absolute atomic E-state index is 0.483. The van der Waals surface area contributed by atoms with Gasteiger partial charge in [0, 0.05) is 0 Å². The van der Waals surface area contributed by atoms with Crippen LogP contribution in [-0.2, 0) is 5.60 Å². The lowest BCUT2D eigenvalue weighted by Crippen LogP contribution is -2.55. The van der Waals surface area contributed by atoms with Crippen molar-refractivity contribution in [2.24, 2.45) is 23.7 Å². The van der Waals surface area contributed by atoms with E-state index in [2.05, 4.69) is 46.6 Å². The lowest BCUT2D eigenvalue weighted by atomic mass is 9.48. The number of hydrogen-bond donors (Lipinski definition) is 1. The zero-order valence-corrected chi connectivity index (χ0v) is 13.8. The summed E-state index contributed by atoms with van der Waals surface area (Å²) in [6.45, 7) is 0. The van der Waals surface area contributed by atoms with Crippen molar-refractivity contribution in [2.75, 3.05) is 0 Å². The normalized spacial score (nSPS) is 39.5. The number of rotatable bonds is 1. The van der Waals surface area contributed by atoms with Crippen LogP contribution in [0.3, 0.4) is 0 Å². The average Bonchev–Trinajstić information content (AvgIpc) is 2.51. The van der Waals surface area contributed by atoms with Gasteiger partial charge in [-0.1, -0.05) is 35.5 Å². The summed E-state index contributed by atoms with van der Waals surface area (Å²) in [5.74, 6) is 2.74. The fourth-order valence-corrected chi connectivity index (χ4v) is 6.11. The Balaban J connectivity index is 1.62. The van der Waals surface area contributed by atoms with E-state index in [0.717, 1.165) is 22.6 Å². The highest BCUT2D eigenvalue weighted by atomic mass is 28.1. The van der Waals surface area contributed by atoms with Gasteiger partial charge in [-0.15, -0.1) is 0 Å². The second-order valence-corrected chi connectivity index (χ2v) is 8.48. The van der Waals surface area contributed by atoms with Crippen LogP contribution in [0.15, 0.2) is 36.4 Å². The second-order valence-electron chi connectivity index (χ2n) is 7.91. The van der Waals surface area contributed by atoms with E-state index in [1.807, 2.05) is 0 Å². The molecule has 4 fully saturated rings. The van der Waals surface area contributed by atoms with Gasteiger partial charge in [0.25, 0.3) is 0 Å². The third kappa shape index (κ3) is 1.74. The van der Waals surface area contributed by atoms with Crippen LogP contribution in [-0.4, -0.2) is 15.3 Å². The SMILES string of the molecule is OC1(c2ccc3cc([Si])ccc3c2)C2CC3CC(C2)CC1C3. The van der Waals surface area contributed by atoms with Crippen molar-refractivity contribution in [1.82, 2.24) is 0 Å². The lowest BCUT2D eigenvalue weighted by molar-refractivity contribution is -0.179. The molecule has 2 aromatic rings. The van der Waals surface area contributed by atoms with Crippen LogP contribution >= 0.6 is 0 Å². The van der Waals surface area contributed by atoms with E-state index in [4.69, 9.17) is 0 Å². The van der Waals surface area contributed by atoms with Gasteiger partial charge in [-0.2, -0.15) is 0 Å². The Morgan fingerprint density at radius 3 is 2.09 bits per heavy atom. The topological polar surface area (TPSA) is 20.2 Å². The van der Waals surface area contributed by atoms with Gasteiger partial charge in [0.15, 0.2) is 0 Å². The minimum Gasteiger partial charge on any atom is -0.385 e. The van der Waals surface area contributed by atoms with E-state index in [0.29, 0.717) is 11.8 Å². The van der Waals surface area contributed by atoms with Gasteiger partial charge in [0.2, 0.25) is 0 Å². The smallest absolute Gasteiger partial charge is 0.0953 e. The van der Waals surface area contributed by atoms with E-state index < -0.39 is 5.60 Å². The van der Waals surface area contributed by atoms with E-state index in [9.17, 15) is 5.11 Å². The summed E-state index contributed by atoms with van der Waals surface area (Å²) >= 11 is 0. The maximum atomic E-state index is 11.7. The first-order valence-corrected chi connectivity index (χ1v) is 9.11. The van der Waals surface area contributed by atoms with Gasteiger partial charge in [0.05, 0.1) is 15.8 Å². The van der Waals surface area contributed by atoms with Crippen molar-refractivity contribution < 1.29 is 5.11 Å². The summed E-state index contributed by atoms with van der Waals surface area (Å²) in [6, 6.07) is 13.0. The van der Waals surface area contributed by atoms with Crippen LogP contribution in [0, 0.1) is 23.7 Å². The number of aliphatic hydroxyl groups is 1. The molecule has 4 bridgehead atoms. The summed E-state index contributed by atoms with van der Waals surface area (Å²) in [7, 11) is 3.59. The Bertz CT molecular complexity index is 722. The second kappa shape index (κ2) is 4.45. The monoisotopic (exact) mass is 305 g/mol. The molecule has 0 spiro atoms. The molecule has 0 heterocycles. The molecule has 1 nitrogen and oxygen atoms in total. The molecule has 2 aromatic carbocycles. The van der Waals surface area contributed by atoms with Crippen molar-refractivity contribution in [2.45, 2.75) is 37.7 Å². The van der Waals surface area contributed by atoms with Crippen LogP contribution in [0.1, 0.15) is 37.7 Å². The highest BCUT2D eigenvalue weighted by Gasteiger charge is 2.57. The average molecular weight is 305 g/mol. The van der Waals surface area contributed by atoms with E-state index in [1.54, 1.807) is 0 Å². The van der Waals surface area contributed by atoms with Crippen LogP contribution in [0.25, 0.3) is 10.8 Å². The molecular formula is C20H21OSi. The van der Waals surface area contributed by atoms with Crippen LogP contribution < -0.4 is 5.19 Å². The van der Waals surface area contributed by atoms with Crippen molar-refractivity contribution in [3.8, 4) is 0 Å². The molecule has 0 aliphatic heterocycles. The zero-order valence-electron chi connectivity index (χ0n) is 12.8. The molecule has 0 unspecified atom stereocenters. The molecule has 4 aliphatic rings. The molecule has 1 N–H and O–H groups in total. The Kier molecular flexibility index (Phi) is 2.70. The van der Waals surface area contributed by atoms with Gasteiger partial charge in [-0.25, -0.2) is 0 Å². The summed E-state index contributed by atoms with van der Waals surface area (Å²) in [5.41, 5.74) is 0.587. The number of fused-ring (bicyclic) bond motifs is 1. The van der Waals surface area contributed by atoms with Crippen molar-refractivity contribution in [3.05, 3.63) is 42.0 Å². The Morgan fingerprint density at radius 1 is 0.818 bits per heavy atom. The van der Waals surface area contributed by atoms with Gasteiger partial charge in [-0.05, 0) is 78.2 Å². The highest BCUT2D eigenvalue weighted by molar-refractivity contribution is 6.33. The van der Waals surface area contributed by atoms with E-state index >= 15 is 0 Å². The molecule has 2 heteroatoms. The molecule has 0 atom stereocenters. The van der Waals surface area contributed by atoms with Gasteiger partial charge < -0.3 is 5.11 Å². The summed E-state index contributed by atoms with van der Waals surface area (Å²) in [4.78, 5) is 0. The molecular weight excluding hydrogens is 284 g/mol. The molecule has 3 radical (unpaired) electrons. The van der Waals surface area contributed by atoms with Gasteiger partial charge >= 0.3 is 0 Å². The Hall–Kier alpha value is -1.12. The standard InChI is InChI=1S/C20H21OSi/c21-20(17-6-12-5-13(8-17)9-18(20)7-12)16-3-1-15-11-19(22)4-2-14(15)10-16/h1-4,10-13,17-18,21H,5-9H2. The fraction of sp³-hybridized carbons (Fsp3) is 0.500. The largest absolute Gasteiger partial charge is 0.385 e. The zero-order chi connectivity index (χ0) is 14.9. The molecule has 0 amide bonds. The van der Waals surface area contributed by atoms with Crippen LogP contribution in [0.4, 0.5) is 0 Å². The maximum Gasteiger partial charge on any atom is 0.0953 e. The predicted molar refractivity (Wildman–Crippen MR) is 90.3 cm³/mol. The van der Waals surface area contributed by atoms with Crippen molar-refractivity contribution >= 4 is 26.2 Å². The molecule has 4 saturated carbocycles. The Morgan fingerprint density at radius 2 is 1.41 bits per heavy atom. The van der Waals surface area contributed by atoms with Crippen LogP contribution in [0.2, 0.25) is 0 Å². The van der Waals surface area contributed by atoms with E-state index in [-0.39, 0.29) is 0 Å². The molecule has 111 valence electrons. The Labute approximate surface area is 135 Å². The van der Waals surface area contributed by atoms with Crippen molar-refractivity contribution in [3.63, 3.8) is 0 Å².